The topological polar surface area (TPSA) is 33.5 Å². The van der Waals surface area contributed by atoms with Gasteiger partial charge in [-0.25, -0.2) is 0 Å². The minimum Gasteiger partial charge on any atom is -0.698 e. The summed E-state index contributed by atoms with van der Waals surface area (Å²) >= 11 is 0. The van der Waals surface area contributed by atoms with E-state index >= 15 is 0 Å². The van der Waals surface area contributed by atoms with E-state index in [1.54, 1.807) is 0 Å². The maximum absolute atomic E-state index is 8.01. The Morgan fingerprint density at radius 1 is 0.731 bits per heavy atom. The Bertz CT molecular complexity index is 435. The van der Waals surface area contributed by atoms with E-state index in [1.807, 2.05) is 0 Å². The Balaban J connectivity index is 0. The number of benzene rings is 1. The van der Waals surface area contributed by atoms with Crippen LogP contribution in [0, 0.1) is 0 Å². The van der Waals surface area contributed by atoms with Crippen molar-refractivity contribution in [1.29, 1.82) is 0 Å². The van der Waals surface area contributed by atoms with Crippen molar-refractivity contribution < 1.29 is 51.4 Å². The summed E-state index contributed by atoms with van der Waals surface area (Å²) in [6, 6.07) is 6.17. The van der Waals surface area contributed by atoms with Gasteiger partial charge >= 0.3 is 51.4 Å². The molecule has 0 fully saturated rings. The second-order valence-corrected chi connectivity index (χ2v) is 8.03. The Kier molecular flexibility index (Phi) is 17.1. The van der Waals surface area contributed by atoms with Gasteiger partial charge in [0.2, 0.25) is 0 Å². The van der Waals surface area contributed by atoms with Gasteiger partial charge in [0, 0.05) is 26.2 Å². The summed E-state index contributed by atoms with van der Waals surface area (Å²) in [4.78, 5) is 6.79. The van der Waals surface area contributed by atoms with Crippen molar-refractivity contribution in [2.45, 2.75) is 39.5 Å². The summed E-state index contributed by atoms with van der Waals surface area (Å²) < 4.78 is 0. The summed E-state index contributed by atoms with van der Waals surface area (Å²) in [6.07, 6.45) is 0. The van der Waals surface area contributed by atoms with Gasteiger partial charge in [-0.2, -0.15) is 0 Å². The molecule has 0 amide bonds. The minimum absolute atomic E-state index is 0. The van der Waals surface area contributed by atoms with Crippen molar-refractivity contribution in [3.63, 3.8) is 0 Å². The van der Waals surface area contributed by atoms with Crippen LogP contribution in [-0.2, 0) is 0 Å². The summed E-state index contributed by atoms with van der Waals surface area (Å²) in [6.45, 7) is 13.1. The fourth-order valence-corrected chi connectivity index (χ4v) is 2.40. The standard InChI is InChI=1S/C12H18N.C9H23N3.K/c1-8(2)10-6-5-7-11(9(3)4)12(10)13;1-10(2)6-8-12(5)9-7-11(3)4;/h5-9,13H,1-4H3;6-9H2,1-5H3;/q-1;;+1. The fourth-order valence-electron chi connectivity index (χ4n) is 2.40. The number of nitrogens with zero attached hydrogens (tertiary/aromatic N) is 3. The molecule has 0 unspecified atom stereocenters. The van der Waals surface area contributed by atoms with Gasteiger partial charge in [0.25, 0.3) is 0 Å². The van der Waals surface area contributed by atoms with Gasteiger partial charge in [0.1, 0.15) is 0 Å². The molecule has 0 atom stereocenters. The SMILES string of the molecule is CC(C)c1cccc(C(C)C)c1[NH-].CN(C)CCN(C)CCN(C)C.[K+]. The zero-order valence-corrected chi connectivity index (χ0v) is 22.2. The monoisotopic (exact) mass is 388 g/mol. The van der Waals surface area contributed by atoms with E-state index in [4.69, 9.17) is 5.73 Å². The summed E-state index contributed by atoms with van der Waals surface area (Å²) in [5, 5.41) is 0. The van der Waals surface area contributed by atoms with E-state index in [0.29, 0.717) is 11.8 Å². The van der Waals surface area contributed by atoms with Gasteiger partial charge in [-0.1, -0.05) is 57.0 Å². The van der Waals surface area contributed by atoms with Gasteiger partial charge < -0.3 is 20.4 Å². The van der Waals surface area contributed by atoms with Crippen molar-refractivity contribution >= 4 is 5.69 Å². The molecule has 1 aromatic rings. The zero-order valence-electron chi connectivity index (χ0n) is 19.1. The average molecular weight is 389 g/mol. The molecule has 1 aromatic carbocycles. The Labute approximate surface area is 205 Å². The summed E-state index contributed by atoms with van der Waals surface area (Å²) in [5.41, 5.74) is 11.1. The van der Waals surface area contributed by atoms with Crippen LogP contribution >= 0.6 is 0 Å². The molecule has 0 aliphatic carbocycles. The number of hydrogen-bond acceptors (Lipinski definition) is 3. The van der Waals surface area contributed by atoms with Crippen molar-refractivity contribution in [3.05, 3.63) is 35.1 Å². The molecule has 5 heteroatoms. The average Bonchev–Trinajstić information content (AvgIpc) is 2.51. The van der Waals surface area contributed by atoms with E-state index in [-0.39, 0.29) is 51.4 Å². The molecule has 0 saturated heterocycles. The van der Waals surface area contributed by atoms with E-state index in [9.17, 15) is 0 Å². The van der Waals surface area contributed by atoms with Crippen molar-refractivity contribution in [3.8, 4) is 0 Å². The molecule has 4 nitrogen and oxygen atoms in total. The van der Waals surface area contributed by atoms with Gasteiger partial charge in [0.05, 0.1) is 0 Å². The quantitative estimate of drug-likeness (QED) is 0.635. The van der Waals surface area contributed by atoms with Gasteiger partial charge in [0.15, 0.2) is 0 Å². The van der Waals surface area contributed by atoms with Crippen LogP contribution in [0.1, 0.15) is 50.7 Å². The largest absolute Gasteiger partial charge is 1.00 e. The smallest absolute Gasteiger partial charge is 0.698 e. The van der Waals surface area contributed by atoms with Crippen LogP contribution in [0.25, 0.3) is 5.73 Å². The van der Waals surface area contributed by atoms with Gasteiger partial charge in [-0.05, 0) is 47.1 Å². The molecule has 1 rings (SSSR count). The van der Waals surface area contributed by atoms with Crippen molar-refractivity contribution in [2.24, 2.45) is 0 Å². The van der Waals surface area contributed by atoms with Crippen LogP contribution < -0.4 is 51.4 Å². The first-order valence-corrected chi connectivity index (χ1v) is 9.38. The first-order valence-electron chi connectivity index (χ1n) is 9.38. The van der Waals surface area contributed by atoms with Crippen LogP contribution in [-0.4, -0.2) is 76.1 Å². The Hall–Kier alpha value is 0.536. The molecule has 0 radical (unpaired) electrons. The third-order valence-corrected chi connectivity index (χ3v) is 4.23. The van der Waals surface area contributed by atoms with Crippen LogP contribution in [0.4, 0.5) is 5.69 Å². The first kappa shape index (κ1) is 28.7. The molecule has 0 aliphatic rings. The van der Waals surface area contributed by atoms with Crippen molar-refractivity contribution in [2.75, 3.05) is 61.4 Å². The second-order valence-electron chi connectivity index (χ2n) is 8.03. The molecule has 1 N–H and O–H groups in total. The van der Waals surface area contributed by atoms with Gasteiger partial charge in [-0.3, -0.25) is 0 Å². The molecule has 0 aliphatic heterocycles. The Morgan fingerprint density at radius 2 is 1.08 bits per heavy atom. The van der Waals surface area contributed by atoms with Crippen LogP contribution in [0.2, 0.25) is 0 Å². The molecule has 0 heterocycles. The number of nitrogens with one attached hydrogen (secondary N) is 1. The number of likely N-dealkylation sites (N-methyl/N-ethyl adjacent to an activating group) is 3. The molecule has 0 saturated carbocycles. The van der Waals surface area contributed by atoms with Crippen LogP contribution in [0.3, 0.4) is 0 Å². The third kappa shape index (κ3) is 12.8. The molecule has 0 bridgehead atoms. The summed E-state index contributed by atoms with van der Waals surface area (Å²) in [7, 11) is 10.6. The molecule has 0 aromatic heterocycles. The first-order chi connectivity index (χ1) is 11.6. The number of rotatable bonds is 8. The molecule has 146 valence electrons. The molecule has 0 spiro atoms. The number of hydrogen-bond donors (Lipinski definition) is 0. The van der Waals surface area contributed by atoms with E-state index < -0.39 is 0 Å². The zero-order chi connectivity index (χ0) is 19.6. The third-order valence-electron chi connectivity index (χ3n) is 4.23. The fraction of sp³-hybridized carbons (Fsp3) is 0.714. The maximum atomic E-state index is 8.01. The van der Waals surface area contributed by atoms with Crippen molar-refractivity contribution in [1.82, 2.24) is 14.7 Å². The molecule has 26 heavy (non-hydrogen) atoms. The van der Waals surface area contributed by atoms with E-state index in [2.05, 4.69) is 95.8 Å². The minimum atomic E-state index is 0. The Morgan fingerprint density at radius 3 is 1.35 bits per heavy atom. The van der Waals surface area contributed by atoms with Crippen LogP contribution in [0.15, 0.2) is 18.2 Å². The van der Waals surface area contributed by atoms with Gasteiger partial charge in [-0.15, -0.1) is 5.69 Å². The second kappa shape index (κ2) is 15.5. The normalized spacial score (nSPS) is 11.2. The molecular formula is C21H41KN4. The predicted molar refractivity (Wildman–Crippen MR) is 113 cm³/mol. The molecular weight excluding hydrogens is 347 g/mol. The summed E-state index contributed by atoms with van der Waals surface area (Å²) in [5.74, 6) is 0.900. The van der Waals surface area contributed by atoms with E-state index in [1.165, 1.54) is 0 Å². The van der Waals surface area contributed by atoms with E-state index in [0.717, 1.165) is 43.0 Å². The van der Waals surface area contributed by atoms with Crippen LogP contribution in [0.5, 0.6) is 0 Å². The predicted octanol–water partition coefficient (Wildman–Crippen LogP) is 1.66. The maximum Gasteiger partial charge on any atom is 1.00 e.